The standard InChI is InChI=1S/C13H27N.C12H22F3N.C2H6/c1-10(2)11-8-12(3,4)14(7)13(5,6)9-11;1-9(2)10-5-6-16(8-12(13,14)15)11(3,4)7-10;1-2/h10-11H,8-9H2,1-7H3;9-10H,5-8H2,1-4H3;1-2H3. The topological polar surface area (TPSA) is 6.48 Å². The van der Waals surface area contributed by atoms with Crippen molar-refractivity contribution >= 4 is 0 Å². The predicted molar refractivity (Wildman–Crippen MR) is 134 cm³/mol. The number of alkyl halides is 3. The molecule has 0 saturated carbocycles. The summed E-state index contributed by atoms with van der Waals surface area (Å²) in [6.45, 7) is 26.2. The molecule has 1 atom stereocenters. The van der Waals surface area contributed by atoms with Crippen LogP contribution in [0.15, 0.2) is 0 Å². The maximum atomic E-state index is 12.4. The van der Waals surface area contributed by atoms with Crippen molar-refractivity contribution in [3.63, 3.8) is 0 Å². The Morgan fingerprint density at radius 1 is 0.750 bits per heavy atom. The van der Waals surface area contributed by atoms with Crippen LogP contribution < -0.4 is 0 Å². The van der Waals surface area contributed by atoms with Crippen LogP contribution in [0.5, 0.6) is 0 Å². The number of nitrogens with zero attached hydrogens (tertiary/aromatic N) is 2. The Balaban J connectivity index is 0.000000561. The van der Waals surface area contributed by atoms with Gasteiger partial charge in [0.25, 0.3) is 0 Å². The summed E-state index contributed by atoms with van der Waals surface area (Å²) in [5.74, 6) is 2.82. The third-order valence-corrected chi connectivity index (χ3v) is 7.98. The molecule has 0 aromatic carbocycles. The molecule has 0 N–H and O–H groups in total. The summed E-state index contributed by atoms with van der Waals surface area (Å²) >= 11 is 0. The molecule has 5 heteroatoms. The van der Waals surface area contributed by atoms with E-state index in [1.54, 1.807) is 4.90 Å². The van der Waals surface area contributed by atoms with E-state index >= 15 is 0 Å². The van der Waals surface area contributed by atoms with Gasteiger partial charge in [-0.15, -0.1) is 0 Å². The molecular formula is C27H55F3N2. The highest BCUT2D eigenvalue weighted by molar-refractivity contribution is 4.98. The molecule has 0 amide bonds. The van der Waals surface area contributed by atoms with Gasteiger partial charge in [0.15, 0.2) is 0 Å². The molecule has 2 aliphatic rings. The van der Waals surface area contributed by atoms with E-state index in [-0.39, 0.29) is 5.54 Å². The molecule has 2 saturated heterocycles. The van der Waals surface area contributed by atoms with Crippen LogP contribution in [0.2, 0.25) is 0 Å². The average Bonchev–Trinajstić information content (AvgIpc) is 2.61. The number of hydrogen-bond donors (Lipinski definition) is 0. The van der Waals surface area contributed by atoms with Crippen molar-refractivity contribution in [1.82, 2.24) is 9.80 Å². The fourth-order valence-electron chi connectivity index (χ4n) is 5.50. The Labute approximate surface area is 198 Å². The molecule has 0 radical (unpaired) electrons. The fourth-order valence-corrected chi connectivity index (χ4v) is 5.50. The summed E-state index contributed by atoms with van der Waals surface area (Å²) < 4.78 is 37.2. The molecule has 0 aromatic rings. The van der Waals surface area contributed by atoms with Gasteiger partial charge in [-0.1, -0.05) is 41.5 Å². The highest BCUT2D eigenvalue weighted by atomic mass is 19.4. The fraction of sp³-hybridized carbons (Fsp3) is 1.00. The summed E-state index contributed by atoms with van der Waals surface area (Å²) in [4.78, 5) is 4.13. The first-order valence-electron chi connectivity index (χ1n) is 12.8. The predicted octanol–water partition coefficient (Wildman–Crippen LogP) is 8.26. The van der Waals surface area contributed by atoms with Gasteiger partial charge in [-0.25, -0.2) is 0 Å². The number of rotatable bonds is 3. The molecule has 2 fully saturated rings. The highest BCUT2D eigenvalue weighted by Crippen LogP contribution is 2.42. The number of piperidine rings is 2. The van der Waals surface area contributed by atoms with Crippen molar-refractivity contribution in [1.29, 1.82) is 0 Å². The second kappa shape index (κ2) is 11.9. The van der Waals surface area contributed by atoms with Gasteiger partial charge >= 0.3 is 6.18 Å². The lowest BCUT2D eigenvalue weighted by molar-refractivity contribution is -0.164. The van der Waals surface area contributed by atoms with Crippen LogP contribution in [0.3, 0.4) is 0 Å². The Morgan fingerprint density at radius 3 is 1.44 bits per heavy atom. The molecule has 2 aliphatic heterocycles. The highest BCUT2D eigenvalue weighted by Gasteiger charge is 2.43. The Bertz CT molecular complexity index is 518. The molecule has 194 valence electrons. The lowest BCUT2D eigenvalue weighted by Gasteiger charge is -2.54. The van der Waals surface area contributed by atoms with Gasteiger partial charge in [-0.05, 0) is 104 Å². The largest absolute Gasteiger partial charge is 0.401 e. The van der Waals surface area contributed by atoms with E-state index in [2.05, 4.69) is 67.3 Å². The quantitative estimate of drug-likeness (QED) is 0.415. The van der Waals surface area contributed by atoms with E-state index in [9.17, 15) is 13.2 Å². The van der Waals surface area contributed by atoms with Crippen LogP contribution in [0, 0.1) is 23.7 Å². The van der Waals surface area contributed by atoms with Crippen LogP contribution >= 0.6 is 0 Å². The van der Waals surface area contributed by atoms with Gasteiger partial charge in [0, 0.05) is 16.6 Å². The summed E-state index contributed by atoms with van der Waals surface area (Å²) in [5.41, 5.74) is 0.385. The van der Waals surface area contributed by atoms with E-state index < -0.39 is 12.7 Å². The number of hydrogen-bond acceptors (Lipinski definition) is 2. The molecule has 32 heavy (non-hydrogen) atoms. The van der Waals surface area contributed by atoms with Crippen LogP contribution in [-0.4, -0.2) is 52.7 Å². The molecule has 0 aliphatic carbocycles. The molecular weight excluding hydrogens is 409 g/mol. The van der Waals surface area contributed by atoms with Crippen LogP contribution in [0.25, 0.3) is 0 Å². The van der Waals surface area contributed by atoms with Gasteiger partial charge in [0.1, 0.15) is 0 Å². The molecule has 0 aromatic heterocycles. The molecule has 0 spiro atoms. The van der Waals surface area contributed by atoms with Gasteiger partial charge in [0.05, 0.1) is 6.54 Å². The minimum absolute atomic E-state index is 0.331. The van der Waals surface area contributed by atoms with Crippen LogP contribution in [0.4, 0.5) is 13.2 Å². The number of halogens is 3. The Kier molecular flexibility index (Phi) is 11.8. The zero-order valence-corrected chi connectivity index (χ0v) is 23.6. The maximum absolute atomic E-state index is 12.4. The van der Waals surface area contributed by atoms with Gasteiger partial charge in [-0.2, -0.15) is 13.2 Å². The third kappa shape index (κ3) is 9.52. The van der Waals surface area contributed by atoms with E-state index in [1.807, 2.05) is 27.7 Å². The molecule has 0 bridgehead atoms. The van der Waals surface area contributed by atoms with Crippen molar-refractivity contribution < 1.29 is 13.2 Å². The first kappa shape index (κ1) is 31.7. The molecule has 2 nitrogen and oxygen atoms in total. The van der Waals surface area contributed by atoms with E-state index in [1.165, 1.54) is 12.8 Å². The lowest BCUT2D eigenvalue weighted by Crippen LogP contribution is -2.59. The van der Waals surface area contributed by atoms with Crippen molar-refractivity contribution in [3.05, 3.63) is 0 Å². The Hall–Kier alpha value is -0.290. The second-order valence-electron chi connectivity index (χ2n) is 12.4. The third-order valence-electron chi connectivity index (χ3n) is 7.98. The van der Waals surface area contributed by atoms with E-state index in [4.69, 9.17) is 0 Å². The zero-order chi connectivity index (χ0) is 25.7. The van der Waals surface area contributed by atoms with Crippen LogP contribution in [-0.2, 0) is 0 Å². The minimum atomic E-state index is -4.08. The van der Waals surface area contributed by atoms with Crippen molar-refractivity contribution in [2.24, 2.45) is 23.7 Å². The second-order valence-corrected chi connectivity index (χ2v) is 12.4. The number of likely N-dealkylation sites (tertiary alicyclic amines) is 2. The summed E-state index contributed by atoms with van der Waals surface area (Å²) in [5, 5.41) is 0. The summed E-state index contributed by atoms with van der Waals surface area (Å²) in [6.07, 6.45) is 0.342. The van der Waals surface area contributed by atoms with E-state index in [0.717, 1.165) is 24.7 Å². The van der Waals surface area contributed by atoms with Crippen molar-refractivity contribution in [3.8, 4) is 0 Å². The lowest BCUT2D eigenvalue weighted by atomic mass is 9.70. The van der Waals surface area contributed by atoms with Crippen molar-refractivity contribution in [2.75, 3.05) is 20.1 Å². The molecule has 2 rings (SSSR count). The molecule has 2 heterocycles. The smallest absolute Gasteiger partial charge is 0.296 e. The monoisotopic (exact) mass is 464 g/mol. The van der Waals surface area contributed by atoms with Gasteiger partial charge < -0.3 is 0 Å². The van der Waals surface area contributed by atoms with Crippen molar-refractivity contribution in [2.45, 2.75) is 132 Å². The minimum Gasteiger partial charge on any atom is -0.296 e. The molecule has 1 unspecified atom stereocenters. The van der Waals surface area contributed by atoms with E-state index in [0.29, 0.717) is 29.5 Å². The van der Waals surface area contributed by atoms with Crippen LogP contribution in [0.1, 0.15) is 109 Å². The maximum Gasteiger partial charge on any atom is 0.401 e. The normalized spacial score (nSPS) is 26.2. The summed E-state index contributed by atoms with van der Waals surface area (Å²) in [6, 6.07) is 0. The SMILES string of the molecule is CC.CC(C)C1CC(C)(C)N(C)C(C)(C)C1.CC(C)C1CCN(CC(F)(F)F)C(C)(C)C1. The van der Waals surface area contributed by atoms with Gasteiger partial charge in [-0.3, -0.25) is 9.80 Å². The zero-order valence-electron chi connectivity index (χ0n) is 23.6. The first-order chi connectivity index (χ1) is 14.3. The average molecular weight is 465 g/mol. The first-order valence-corrected chi connectivity index (χ1v) is 12.8. The van der Waals surface area contributed by atoms with Gasteiger partial charge in [0.2, 0.25) is 0 Å². The summed E-state index contributed by atoms with van der Waals surface area (Å²) in [7, 11) is 2.27. The Morgan fingerprint density at radius 2 is 1.12 bits per heavy atom.